The Labute approximate surface area is 634 Å². The average molecular weight is 1490 g/mol. The van der Waals surface area contributed by atoms with Crippen molar-refractivity contribution >= 4 is 17.7 Å². The van der Waals surface area contributed by atoms with Gasteiger partial charge in [0, 0.05) is 77.8 Å². The Morgan fingerprint density at radius 1 is 0.431 bits per heavy atom. The number of nitrogens with one attached hydrogen (secondary N) is 3. The highest BCUT2D eigenvalue weighted by Crippen LogP contribution is 2.44. The van der Waals surface area contributed by atoms with Crippen LogP contribution in [0.1, 0.15) is 268 Å². The highest BCUT2D eigenvalue weighted by molar-refractivity contribution is 5.96. The number of aromatic nitrogens is 6. The molecule has 9 aromatic rings. The van der Waals surface area contributed by atoms with E-state index in [1.807, 2.05) is 66.7 Å². The number of rotatable bonds is 15. The number of hydrogen-bond donors (Lipinski definition) is 5. The van der Waals surface area contributed by atoms with Crippen molar-refractivity contribution in [2.45, 2.75) is 227 Å². The van der Waals surface area contributed by atoms with Crippen molar-refractivity contribution in [3.05, 3.63) is 258 Å². The number of aliphatic hydroxyl groups excluding tert-OH is 2. The minimum Gasteiger partial charge on any atom is -0.390 e. The second kappa shape index (κ2) is 34.4. The first-order valence-corrected chi connectivity index (χ1v) is 40.0. The Hall–Kier alpha value is -9.15. The Bertz CT molecular complexity index is 4510. The van der Waals surface area contributed by atoms with Crippen LogP contribution in [0.25, 0.3) is 5.69 Å². The van der Waals surface area contributed by atoms with Gasteiger partial charge in [0.2, 0.25) is 0 Å². The van der Waals surface area contributed by atoms with Crippen molar-refractivity contribution in [1.82, 2.24) is 50.4 Å². The van der Waals surface area contributed by atoms with Crippen molar-refractivity contribution in [2.24, 2.45) is 0 Å². The molecule has 8 aliphatic rings. The number of benzene rings is 6. The van der Waals surface area contributed by atoms with Crippen molar-refractivity contribution in [3.8, 4) is 5.69 Å². The van der Waals surface area contributed by atoms with E-state index < -0.39 is 35.9 Å². The Kier molecular flexibility index (Phi) is 23.8. The predicted octanol–water partition coefficient (Wildman–Crippen LogP) is 16.3. The number of aliphatic hydroxyl groups is 2. The van der Waals surface area contributed by atoms with Gasteiger partial charge in [-0.25, -0.2) is 31.6 Å². The number of nitrogens with zero attached hydrogens (tertiary/aromatic N) is 7. The largest absolute Gasteiger partial charge is 0.390 e. The Balaban J connectivity index is 0.000000130. The first-order valence-electron chi connectivity index (χ1n) is 40.0. The van der Waals surface area contributed by atoms with Crippen molar-refractivity contribution in [3.63, 3.8) is 0 Å². The molecule has 6 aromatic carbocycles. The molecule has 5 N–H and O–H groups in total. The fourth-order valence-electron chi connectivity index (χ4n) is 18.8. The molecule has 0 spiro atoms. The number of morpholine rings is 1. The number of carbonyl (C=O) groups is 3. The van der Waals surface area contributed by atoms with Crippen LogP contribution in [0.4, 0.5) is 22.0 Å². The van der Waals surface area contributed by atoms with Gasteiger partial charge in [-0.15, -0.1) is 0 Å². The summed E-state index contributed by atoms with van der Waals surface area (Å²) in [5.74, 6) is -2.65. The van der Waals surface area contributed by atoms with Gasteiger partial charge in [0.1, 0.15) is 29.0 Å². The summed E-state index contributed by atoms with van der Waals surface area (Å²) in [5.41, 5.74) is 17.2. The normalized spacial score (nSPS) is 22.1. The van der Waals surface area contributed by atoms with E-state index in [9.17, 15) is 46.5 Å². The molecule has 1 unspecified atom stereocenters. The van der Waals surface area contributed by atoms with Crippen molar-refractivity contribution < 1.29 is 51.3 Å². The number of amides is 3. The lowest BCUT2D eigenvalue weighted by molar-refractivity contribution is 0.0124. The van der Waals surface area contributed by atoms with Crippen LogP contribution in [-0.4, -0.2) is 101 Å². The fraction of sp³-hybridized carbons (Fsp3) is 0.455. The maximum absolute atomic E-state index is 14.9. The van der Waals surface area contributed by atoms with E-state index >= 15 is 0 Å². The zero-order valence-electron chi connectivity index (χ0n) is 61.9. The van der Waals surface area contributed by atoms with Gasteiger partial charge in [0.25, 0.3) is 17.7 Å². The summed E-state index contributed by atoms with van der Waals surface area (Å²) in [7, 11) is 0. The van der Waals surface area contributed by atoms with Crippen molar-refractivity contribution in [2.75, 3.05) is 26.3 Å². The molecule has 1 aliphatic heterocycles. The van der Waals surface area contributed by atoms with E-state index in [4.69, 9.17) is 14.9 Å². The predicted molar refractivity (Wildman–Crippen MR) is 406 cm³/mol. The van der Waals surface area contributed by atoms with Crippen LogP contribution in [0.15, 0.2) is 140 Å². The van der Waals surface area contributed by atoms with Gasteiger partial charge in [-0.2, -0.15) is 15.3 Å². The second-order valence-electron chi connectivity index (χ2n) is 31.3. The van der Waals surface area contributed by atoms with Gasteiger partial charge in [-0.1, -0.05) is 143 Å². The first kappa shape index (κ1) is 75.3. The molecule has 3 amide bonds. The van der Waals surface area contributed by atoms with Gasteiger partial charge in [0.05, 0.1) is 55.3 Å². The standard InChI is InChI=1S/2C31H36FN3O2.C26H27F3N4O2/c2*32-23-12-8-9-20(18-23)17-22-11-5-7-16-26-29(34-35(30(22)26)24-13-2-1-3-14-24)31(37)33-28-25-15-6-4-10-21(25)19-27(28)36;27-19-6-3-4-17(15-19)14-18-5-1-2-7-21-24(26(34)31-32-10-12-35-13-11-32)30-33(25(18)21)23-9-8-20(28)16-22(23)29/h2*4,6,8-10,12,15,18,22,24,27-28,36H,1-3,5,7,11,13-14,16-17,19H2,(H,33,37);3-4,6,8-9,15-16,18H,1-2,5,7,10-14H2,(H,31,34)/t22-,27+,28-;22-,27-,28+;/m10./s1. The fourth-order valence-corrected chi connectivity index (χ4v) is 18.8. The molecule has 16 nitrogen and oxygen atoms in total. The Morgan fingerprint density at radius 2 is 0.835 bits per heavy atom. The molecular formula is C88H99F5N10O6. The van der Waals surface area contributed by atoms with Crippen LogP contribution in [0.2, 0.25) is 0 Å². The number of hydrazine groups is 1. The molecule has 109 heavy (non-hydrogen) atoms. The molecule has 21 heteroatoms. The lowest BCUT2D eigenvalue weighted by atomic mass is 9.89. The minimum absolute atomic E-state index is 0.0826. The number of hydrogen-bond acceptors (Lipinski definition) is 10. The third-order valence-electron chi connectivity index (χ3n) is 24.0. The summed E-state index contributed by atoms with van der Waals surface area (Å²) in [4.78, 5) is 40.9. The van der Waals surface area contributed by atoms with E-state index in [2.05, 4.69) is 30.5 Å². The summed E-state index contributed by atoms with van der Waals surface area (Å²) in [6.45, 7) is 2.15. The van der Waals surface area contributed by atoms with E-state index in [1.54, 1.807) is 35.3 Å². The van der Waals surface area contributed by atoms with Crippen LogP contribution in [0, 0.1) is 29.1 Å². The molecule has 572 valence electrons. The SMILES string of the molecule is O=C(NN1CCOCC1)c1nn(-c2ccc(F)cc2F)c2c1CCCCC2Cc1cccc(F)c1.O=C(N[C@@H]1c2ccccc2C[C@@H]1O)c1nn(C2CCCCC2)c2c1CCCC[C@@H]2Cc1cccc(F)c1.O=C(N[C@@H]1c2ccccc2C[C@@H]1O)c1nn(C2CCCCC2)c2c1CCCC[C@H]2Cc1cccc(F)c1. The Morgan fingerprint density at radius 3 is 1.28 bits per heavy atom. The monoisotopic (exact) mass is 1490 g/mol. The van der Waals surface area contributed by atoms with E-state index in [-0.39, 0.29) is 64.3 Å². The summed E-state index contributed by atoms with van der Waals surface area (Å²) in [6, 6.07) is 39.2. The van der Waals surface area contributed by atoms with Gasteiger partial charge in [-0.3, -0.25) is 29.2 Å². The molecule has 4 heterocycles. The van der Waals surface area contributed by atoms with E-state index in [0.29, 0.717) is 75.5 Å². The van der Waals surface area contributed by atoms with E-state index in [0.717, 1.165) is 177 Å². The smallest absolute Gasteiger partial charge is 0.286 e. The summed E-state index contributed by atoms with van der Waals surface area (Å²) >= 11 is 0. The highest BCUT2D eigenvalue weighted by Gasteiger charge is 2.40. The highest BCUT2D eigenvalue weighted by atomic mass is 19.1. The van der Waals surface area contributed by atoms with Crippen molar-refractivity contribution in [1.29, 1.82) is 0 Å². The molecular weight excluding hydrogens is 1390 g/mol. The van der Waals surface area contributed by atoms with Gasteiger partial charge in [-0.05, 0) is 190 Å². The third kappa shape index (κ3) is 17.1. The topological polar surface area (TPSA) is 194 Å². The van der Waals surface area contributed by atoms with Gasteiger partial charge < -0.3 is 25.6 Å². The summed E-state index contributed by atoms with van der Waals surface area (Å²) < 4.78 is 81.7. The molecule has 1 saturated heterocycles. The minimum atomic E-state index is -0.760. The van der Waals surface area contributed by atoms with Crippen LogP contribution >= 0.6 is 0 Å². The molecule has 17 rings (SSSR count). The number of carbonyl (C=O) groups excluding carboxylic acids is 3. The second-order valence-corrected chi connectivity index (χ2v) is 31.3. The summed E-state index contributed by atoms with van der Waals surface area (Å²) in [6.07, 6.45) is 24.4. The van der Waals surface area contributed by atoms with Crippen LogP contribution in [0.5, 0.6) is 0 Å². The molecule has 0 radical (unpaired) electrons. The van der Waals surface area contributed by atoms with Gasteiger partial charge in [0.15, 0.2) is 22.9 Å². The quantitative estimate of drug-likeness (QED) is 0.0487. The molecule has 7 atom stereocenters. The third-order valence-corrected chi connectivity index (χ3v) is 24.0. The lowest BCUT2D eigenvalue weighted by Gasteiger charge is -2.27. The number of ether oxygens (including phenoxy) is 1. The average Bonchev–Trinajstić information content (AvgIpc) is 1.63. The summed E-state index contributed by atoms with van der Waals surface area (Å²) in [5, 5.41) is 44.2. The van der Waals surface area contributed by atoms with Crippen LogP contribution in [-0.2, 0) is 56.1 Å². The number of fused-ring (bicyclic) bond motifs is 5. The van der Waals surface area contributed by atoms with E-state index in [1.165, 1.54) is 91.0 Å². The molecule has 3 aromatic heterocycles. The lowest BCUT2D eigenvalue weighted by Crippen LogP contribution is -2.48. The maximum Gasteiger partial charge on any atom is 0.286 e. The van der Waals surface area contributed by atoms with Crippen LogP contribution < -0.4 is 16.1 Å². The molecule has 7 aliphatic carbocycles. The van der Waals surface area contributed by atoms with Crippen LogP contribution in [0.3, 0.4) is 0 Å². The molecule has 3 fully saturated rings. The molecule has 2 saturated carbocycles. The maximum atomic E-state index is 14.9. The zero-order valence-corrected chi connectivity index (χ0v) is 61.9. The first-order chi connectivity index (χ1) is 53.2. The zero-order chi connectivity index (χ0) is 75.1. The molecule has 0 bridgehead atoms. The van der Waals surface area contributed by atoms with Gasteiger partial charge >= 0.3 is 0 Å². The number of halogens is 5.